The fourth-order valence-corrected chi connectivity index (χ4v) is 18.6. The van der Waals surface area contributed by atoms with E-state index >= 15 is 38.4 Å². The molecule has 0 radical (unpaired) electrons. The van der Waals surface area contributed by atoms with Crippen molar-refractivity contribution in [3.63, 3.8) is 0 Å². The van der Waals surface area contributed by atoms with Crippen LogP contribution in [0.3, 0.4) is 0 Å². The molecule has 1 spiro atoms. The number of halogens is 4. The van der Waals surface area contributed by atoms with Crippen LogP contribution in [0.4, 0.5) is 13.2 Å². The molecular formula is C74H116ClF3N12O12. The van der Waals surface area contributed by atoms with Crippen molar-refractivity contribution in [2.24, 2.45) is 35.5 Å². The van der Waals surface area contributed by atoms with E-state index in [2.05, 4.69) is 16.0 Å². The van der Waals surface area contributed by atoms with Crippen molar-refractivity contribution in [1.29, 1.82) is 0 Å². The average Bonchev–Trinajstić information content (AvgIpc) is 0.805. The zero-order chi connectivity index (χ0) is 74.2. The molecule has 0 bridgehead atoms. The molecule has 572 valence electrons. The number of carbonyl (C=O) groups is 12. The van der Waals surface area contributed by atoms with Crippen molar-refractivity contribution in [1.82, 2.24) is 60.0 Å². The summed E-state index contributed by atoms with van der Waals surface area (Å²) in [6.07, 6.45) is 9.52. The first-order valence-corrected chi connectivity index (χ1v) is 38.9. The Morgan fingerprint density at radius 1 is 0.569 bits per heavy atom. The average molecular weight is 1460 g/mol. The van der Waals surface area contributed by atoms with Gasteiger partial charge in [0.25, 0.3) is 0 Å². The normalized spacial score (nSPS) is 32.2. The number of alkyl halides is 4. The van der Waals surface area contributed by atoms with Crippen LogP contribution >= 0.6 is 11.6 Å². The summed E-state index contributed by atoms with van der Waals surface area (Å²) in [6.45, 7) is 5.68. The van der Waals surface area contributed by atoms with Gasteiger partial charge in [-0.15, -0.1) is 11.6 Å². The SMILES string of the molecule is CC[C@H](C)[C@@H]1NC(=O)[C@H](CC2CCCC2)N(C)C(=O)C[C@@H](C(=O)N2CCC2)N(C)C(=O)[C@H](C2CCCC2)N(C)C(=O)C2(CCCC2)NC(=O)[C@@H]2CCCN2C(=O)[C@H](CCC2CCC(C(F)(F)F)C(Cl)C2)NC(=O)CN(C)C(=O)[C@H](CC2CCCCC2)N(C)C(=O)[C@@H]2CCN2C(=O)[C@H](C)N(C)C1=O. The van der Waals surface area contributed by atoms with Crippen molar-refractivity contribution in [2.45, 2.75) is 285 Å². The zero-order valence-corrected chi connectivity index (χ0v) is 62.7. The summed E-state index contributed by atoms with van der Waals surface area (Å²) < 4.78 is 42.1. The lowest BCUT2D eigenvalue weighted by Gasteiger charge is -2.45. The van der Waals surface area contributed by atoms with Gasteiger partial charge in [-0.2, -0.15) is 13.2 Å². The van der Waals surface area contributed by atoms with Crippen molar-refractivity contribution in [3.8, 4) is 0 Å². The van der Waals surface area contributed by atoms with E-state index in [1.807, 2.05) is 6.92 Å². The van der Waals surface area contributed by atoms with Gasteiger partial charge in [0.05, 0.1) is 18.9 Å². The number of amides is 12. The number of carbonyl (C=O) groups excluding carboxylic acids is 12. The van der Waals surface area contributed by atoms with Crippen LogP contribution in [-0.2, 0) is 57.5 Å². The van der Waals surface area contributed by atoms with Gasteiger partial charge >= 0.3 is 6.18 Å². The van der Waals surface area contributed by atoms with E-state index in [1.165, 1.54) is 81.5 Å². The molecule has 5 aliphatic carbocycles. The lowest BCUT2D eigenvalue weighted by atomic mass is 9.78. The first-order valence-electron chi connectivity index (χ1n) is 38.5. The standard InChI is InChI=1S/C74H116ClF3N12O12/c1-10-45(2)61-70(100)83(5)46(3)65(95)90-39-33-55(90)68(98)85(7)57(42-48-22-12-11-13-23-48)67(97)82(4)44-59(91)79-53(32-30-49-29-31-51(52(75)40-49)74(76,77)78)66(96)89-38-20-28-54(89)64(94)81-73(34-18-19-35-73)72(102)87(9)62(50-26-16-17-27-50)71(101)86(8)58(69(99)88-36-21-37-88)43-60(92)84(6)56(63(93)80-61)41-47-24-14-15-25-47/h45-58,61-62H,10-44H2,1-9H3,(H,79,91)(H,80,93)(H,81,94)/t45-,46-,49?,51?,52?,53-,54-,55-,56-,57-,58-,61-,62-/m0/s1. The Morgan fingerprint density at radius 3 is 1.75 bits per heavy atom. The largest absolute Gasteiger partial charge is 0.393 e. The van der Waals surface area contributed by atoms with Crippen LogP contribution in [0.15, 0.2) is 0 Å². The predicted molar refractivity (Wildman–Crippen MR) is 375 cm³/mol. The van der Waals surface area contributed by atoms with Crippen molar-refractivity contribution < 1.29 is 70.7 Å². The third-order valence-corrected chi connectivity index (χ3v) is 25.8. The zero-order valence-electron chi connectivity index (χ0n) is 61.9. The van der Waals surface area contributed by atoms with Crippen LogP contribution in [0.2, 0.25) is 0 Å². The topological polar surface area (TPSA) is 270 Å². The summed E-state index contributed by atoms with van der Waals surface area (Å²) in [6, 6.07) is -10.5. The molecule has 102 heavy (non-hydrogen) atoms. The molecule has 9 aliphatic rings. The molecule has 0 aromatic heterocycles. The number of likely N-dealkylation sites (N-methyl/N-ethyl adjacent to an activating group) is 6. The van der Waals surface area contributed by atoms with Crippen molar-refractivity contribution in [3.05, 3.63) is 0 Å². The molecule has 24 nitrogen and oxygen atoms in total. The summed E-state index contributed by atoms with van der Waals surface area (Å²) in [5.74, 6) is -9.85. The molecule has 3 unspecified atom stereocenters. The molecule has 0 aromatic carbocycles. The first-order chi connectivity index (χ1) is 48.4. The van der Waals surface area contributed by atoms with Gasteiger partial charge in [-0.1, -0.05) is 104 Å². The summed E-state index contributed by atoms with van der Waals surface area (Å²) >= 11 is 6.42. The summed E-state index contributed by atoms with van der Waals surface area (Å²) in [7, 11) is 8.89. The third-order valence-electron chi connectivity index (χ3n) is 25.3. The van der Waals surface area contributed by atoms with Crippen LogP contribution in [0.5, 0.6) is 0 Å². The number of fused-ring (bicyclic) bond motifs is 2. The molecule has 0 aromatic rings. The van der Waals surface area contributed by atoms with Gasteiger partial charge < -0.3 is 60.0 Å². The van der Waals surface area contributed by atoms with E-state index in [1.54, 1.807) is 18.7 Å². The molecule has 4 saturated heterocycles. The third kappa shape index (κ3) is 18.1. The van der Waals surface area contributed by atoms with Gasteiger partial charge in [0.2, 0.25) is 70.9 Å². The monoisotopic (exact) mass is 1460 g/mol. The Balaban J connectivity index is 1.07. The molecule has 13 atom stereocenters. The van der Waals surface area contributed by atoms with Gasteiger partial charge in [0.1, 0.15) is 59.9 Å². The minimum absolute atomic E-state index is 0.00669. The van der Waals surface area contributed by atoms with Crippen molar-refractivity contribution >= 4 is 82.5 Å². The minimum atomic E-state index is -4.50. The van der Waals surface area contributed by atoms with Gasteiger partial charge in [-0.05, 0) is 133 Å². The molecule has 9 rings (SSSR count). The van der Waals surface area contributed by atoms with E-state index < -0.39 is 167 Å². The molecule has 3 N–H and O–H groups in total. The smallest absolute Gasteiger partial charge is 0.343 e. The van der Waals surface area contributed by atoms with Crippen LogP contribution in [0.1, 0.15) is 213 Å². The molecule has 4 aliphatic heterocycles. The minimum Gasteiger partial charge on any atom is -0.343 e. The van der Waals surface area contributed by atoms with E-state index in [9.17, 15) is 32.3 Å². The van der Waals surface area contributed by atoms with Crippen LogP contribution < -0.4 is 16.0 Å². The highest BCUT2D eigenvalue weighted by Gasteiger charge is 2.53. The fraction of sp³-hybridized carbons (Fsp3) is 0.838. The van der Waals surface area contributed by atoms with Crippen LogP contribution in [-0.4, -0.2) is 261 Å². The van der Waals surface area contributed by atoms with E-state index in [0.29, 0.717) is 58.0 Å². The van der Waals surface area contributed by atoms with Gasteiger partial charge in [-0.3, -0.25) is 57.5 Å². The summed E-state index contributed by atoms with van der Waals surface area (Å²) in [4.78, 5) is 193. The molecule has 28 heteroatoms. The maximum absolute atomic E-state index is 15.7. The highest BCUT2D eigenvalue weighted by Crippen LogP contribution is 2.44. The highest BCUT2D eigenvalue weighted by molar-refractivity contribution is 6.21. The fourth-order valence-electron chi connectivity index (χ4n) is 18.1. The van der Waals surface area contributed by atoms with Gasteiger partial charge in [0.15, 0.2) is 0 Å². The number of rotatable bonds is 11. The Bertz CT molecular complexity index is 3050. The lowest BCUT2D eigenvalue weighted by molar-refractivity contribution is -0.182. The van der Waals surface area contributed by atoms with Crippen LogP contribution in [0, 0.1) is 35.5 Å². The Labute approximate surface area is 606 Å². The Hall–Kier alpha value is -6.28. The predicted octanol–water partition coefficient (Wildman–Crippen LogP) is 6.38. The Kier molecular flexibility index (Phi) is 27.2. The van der Waals surface area contributed by atoms with Gasteiger partial charge in [-0.25, -0.2) is 0 Å². The van der Waals surface area contributed by atoms with Crippen molar-refractivity contribution in [2.75, 3.05) is 75.0 Å². The number of hydrogen-bond donors (Lipinski definition) is 3. The summed E-state index contributed by atoms with van der Waals surface area (Å²) in [5, 5.41) is 7.76. The van der Waals surface area contributed by atoms with E-state index in [4.69, 9.17) is 11.6 Å². The molecule has 12 amide bonds. The maximum Gasteiger partial charge on any atom is 0.393 e. The first kappa shape index (κ1) is 79.8. The van der Waals surface area contributed by atoms with Crippen LogP contribution in [0.25, 0.3) is 0 Å². The lowest BCUT2D eigenvalue weighted by Crippen LogP contribution is -2.65. The number of nitrogens with one attached hydrogen (secondary N) is 3. The molecule has 5 saturated carbocycles. The second kappa shape index (κ2) is 34.8. The molecule has 9 fully saturated rings. The number of nitrogens with zero attached hydrogens (tertiary/aromatic N) is 9. The summed E-state index contributed by atoms with van der Waals surface area (Å²) in [5.41, 5.74) is -1.54. The number of likely N-dealkylation sites (tertiary alicyclic amines) is 1. The highest BCUT2D eigenvalue weighted by atomic mass is 35.5. The molecular weight excluding hydrogens is 1340 g/mol. The second-order valence-corrected chi connectivity index (χ2v) is 32.5. The molecule has 4 heterocycles. The quantitative estimate of drug-likeness (QED) is 0.190. The number of hydrogen-bond acceptors (Lipinski definition) is 12. The maximum atomic E-state index is 15.7. The van der Waals surface area contributed by atoms with E-state index in [0.717, 1.165) is 70.6 Å². The Morgan fingerprint density at radius 2 is 1.18 bits per heavy atom. The van der Waals surface area contributed by atoms with Gasteiger partial charge in [0, 0.05) is 73.8 Å². The van der Waals surface area contributed by atoms with E-state index in [-0.39, 0.29) is 107 Å². The second-order valence-electron chi connectivity index (χ2n) is 31.9.